The third kappa shape index (κ3) is 4.65. The number of hydrogen-bond donors (Lipinski definition) is 1. The van der Waals surface area contributed by atoms with Crippen LogP contribution in [0.3, 0.4) is 0 Å². The molecule has 2 aromatic rings. The first-order chi connectivity index (χ1) is 10.6. The molecular formula is C17H18Cl2N2O. The second kappa shape index (κ2) is 8.06. The van der Waals surface area contributed by atoms with Crippen LogP contribution in [0.2, 0.25) is 10.0 Å². The normalized spacial score (nSPS) is 10.3. The second-order valence-corrected chi connectivity index (χ2v) is 5.80. The molecule has 0 saturated carbocycles. The zero-order valence-corrected chi connectivity index (χ0v) is 13.9. The summed E-state index contributed by atoms with van der Waals surface area (Å²) in [6.45, 7) is 1.29. The highest BCUT2D eigenvalue weighted by atomic mass is 35.5. The topological polar surface area (TPSA) is 32.3 Å². The number of rotatable bonds is 6. The third-order valence-corrected chi connectivity index (χ3v) is 4.07. The number of amides is 1. The van der Waals surface area contributed by atoms with Crippen LogP contribution in [0.4, 0.5) is 5.69 Å². The van der Waals surface area contributed by atoms with Crippen LogP contribution < -0.4 is 10.2 Å². The molecule has 0 saturated heterocycles. The molecule has 0 bridgehead atoms. The molecule has 0 aliphatic rings. The minimum Gasteiger partial charge on any atom is -0.373 e. The summed E-state index contributed by atoms with van der Waals surface area (Å²) in [5.41, 5.74) is 1.78. The third-order valence-electron chi connectivity index (χ3n) is 3.37. The van der Waals surface area contributed by atoms with Gasteiger partial charge in [-0.05, 0) is 29.8 Å². The summed E-state index contributed by atoms with van der Waals surface area (Å²) in [6.07, 6.45) is 0.188. The highest BCUT2D eigenvalue weighted by Gasteiger charge is 2.10. The van der Waals surface area contributed by atoms with Gasteiger partial charge in [0, 0.05) is 35.9 Å². The summed E-state index contributed by atoms with van der Waals surface area (Å²) in [5.74, 6) is -0.0866. The van der Waals surface area contributed by atoms with Crippen molar-refractivity contribution in [3.8, 4) is 0 Å². The van der Waals surface area contributed by atoms with Crippen LogP contribution in [0, 0.1) is 0 Å². The Labute approximate surface area is 140 Å². The molecule has 0 aliphatic carbocycles. The Balaban J connectivity index is 1.81. The molecule has 5 heteroatoms. The Kier molecular flexibility index (Phi) is 6.10. The van der Waals surface area contributed by atoms with Gasteiger partial charge in [-0.15, -0.1) is 0 Å². The van der Waals surface area contributed by atoms with E-state index in [2.05, 4.69) is 10.2 Å². The van der Waals surface area contributed by atoms with E-state index in [0.29, 0.717) is 22.2 Å². The molecule has 1 N–H and O–H groups in total. The maximum absolute atomic E-state index is 12.0. The highest BCUT2D eigenvalue weighted by molar-refractivity contribution is 6.36. The van der Waals surface area contributed by atoms with Gasteiger partial charge in [-0.1, -0.05) is 47.5 Å². The number of carbonyl (C=O) groups is 1. The SMILES string of the molecule is CN(CCNC(=O)Cc1c(Cl)cccc1Cl)c1ccccc1. The van der Waals surface area contributed by atoms with Crippen LogP contribution in [-0.2, 0) is 11.2 Å². The lowest BCUT2D eigenvalue weighted by Crippen LogP contribution is -2.33. The first-order valence-corrected chi connectivity index (χ1v) is 7.79. The molecule has 116 valence electrons. The van der Waals surface area contributed by atoms with Gasteiger partial charge < -0.3 is 10.2 Å². The van der Waals surface area contributed by atoms with Crippen LogP contribution in [0.25, 0.3) is 0 Å². The number of likely N-dealkylation sites (N-methyl/N-ethyl adjacent to an activating group) is 1. The number of hydrogen-bond acceptors (Lipinski definition) is 2. The molecule has 1 amide bonds. The van der Waals surface area contributed by atoms with Crippen LogP contribution in [-0.4, -0.2) is 26.0 Å². The summed E-state index contributed by atoms with van der Waals surface area (Å²) in [6, 6.07) is 15.3. The molecular weight excluding hydrogens is 319 g/mol. The van der Waals surface area contributed by atoms with E-state index in [1.165, 1.54) is 0 Å². The number of nitrogens with zero attached hydrogens (tertiary/aromatic N) is 1. The van der Waals surface area contributed by atoms with Gasteiger partial charge in [-0.25, -0.2) is 0 Å². The predicted octanol–water partition coefficient (Wildman–Crippen LogP) is 3.79. The Bertz CT molecular complexity index is 612. The van der Waals surface area contributed by atoms with Gasteiger partial charge in [-0.2, -0.15) is 0 Å². The number of anilines is 1. The summed E-state index contributed by atoms with van der Waals surface area (Å²) >= 11 is 12.1. The Hall–Kier alpha value is -1.71. The molecule has 0 radical (unpaired) electrons. The van der Waals surface area contributed by atoms with Crippen molar-refractivity contribution in [2.24, 2.45) is 0 Å². The van der Waals surface area contributed by atoms with Gasteiger partial charge in [0.25, 0.3) is 0 Å². The van der Waals surface area contributed by atoms with Crippen molar-refractivity contribution in [1.82, 2.24) is 5.32 Å². The monoisotopic (exact) mass is 336 g/mol. The maximum Gasteiger partial charge on any atom is 0.224 e. The second-order valence-electron chi connectivity index (χ2n) is 4.98. The minimum atomic E-state index is -0.0866. The van der Waals surface area contributed by atoms with Crippen LogP contribution >= 0.6 is 23.2 Å². The van der Waals surface area contributed by atoms with Gasteiger partial charge in [0.1, 0.15) is 0 Å². The average Bonchev–Trinajstić information content (AvgIpc) is 2.52. The fourth-order valence-electron chi connectivity index (χ4n) is 2.10. The van der Waals surface area contributed by atoms with E-state index in [1.807, 2.05) is 37.4 Å². The van der Waals surface area contributed by atoms with E-state index in [-0.39, 0.29) is 12.3 Å². The smallest absolute Gasteiger partial charge is 0.224 e. The number of carbonyl (C=O) groups excluding carboxylic acids is 1. The van der Waals surface area contributed by atoms with Crippen molar-refractivity contribution < 1.29 is 4.79 Å². The van der Waals surface area contributed by atoms with E-state index in [9.17, 15) is 4.79 Å². The molecule has 0 fully saturated rings. The Morgan fingerprint density at radius 2 is 1.68 bits per heavy atom. The molecule has 0 spiro atoms. The lowest BCUT2D eigenvalue weighted by molar-refractivity contribution is -0.120. The fraction of sp³-hybridized carbons (Fsp3) is 0.235. The van der Waals surface area contributed by atoms with Gasteiger partial charge in [0.15, 0.2) is 0 Å². The molecule has 2 aromatic carbocycles. The number of benzene rings is 2. The van der Waals surface area contributed by atoms with Crippen LogP contribution in [0.1, 0.15) is 5.56 Å². The fourth-order valence-corrected chi connectivity index (χ4v) is 2.63. The van der Waals surface area contributed by atoms with Gasteiger partial charge in [-0.3, -0.25) is 4.79 Å². The molecule has 0 aromatic heterocycles. The molecule has 22 heavy (non-hydrogen) atoms. The number of para-hydroxylation sites is 1. The molecule has 0 heterocycles. The molecule has 0 atom stereocenters. The van der Waals surface area contributed by atoms with Gasteiger partial charge >= 0.3 is 0 Å². The van der Waals surface area contributed by atoms with Gasteiger partial charge in [0.05, 0.1) is 6.42 Å². The first kappa shape index (κ1) is 16.7. The van der Waals surface area contributed by atoms with Crippen molar-refractivity contribution in [2.45, 2.75) is 6.42 Å². The standard InChI is InChI=1S/C17H18Cl2N2O/c1-21(13-6-3-2-4-7-13)11-10-20-17(22)12-14-15(18)8-5-9-16(14)19/h2-9H,10-12H2,1H3,(H,20,22). The van der Waals surface area contributed by atoms with E-state index in [0.717, 1.165) is 12.2 Å². The lowest BCUT2D eigenvalue weighted by atomic mass is 10.1. The quantitative estimate of drug-likeness (QED) is 0.870. The van der Waals surface area contributed by atoms with Crippen molar-refractivity contribution in [3.05, 3.63) is 64.1 Å². The summed E-state index contributed by atoms with van der Waals surface area (Å²) in [4.78, 5) is 14.1. The van der Waals surface area contributed by atoms with Crippen molar-refractivity contribution in [1.29, 1.82) is 0 Å². The van der Waals surface area contributed by atoms with Crippen molar-refractivity contribution >= 4 is 34.8 Å². The van der Waals surface area contributed by atoms with Gasteiger partial charge in [0.2, 0.25) is 5.91 Å². The molecule has 0 aliphatic heterocycles. The Morgan fingerprint density at radius 1 is 1.05 bits per heavy atom. The van der Waals surface area contributed by atoms with E-state index in [4.69, 9.17) is 23.2 Å². The Morgan fingerprint density at radius 3 is 2.32 bits per heavy atom. The summed E-state index contributed by atoms with van der Waals surface area (Å²) < 4.78 is 0. The van der Waals surface area contributed by atoms with Crippen LogP contribution in [0.5, 0.6) is 0 Å². The average molecular weight is 337 g/mol. The number of halogens is 2. The van der Waals surface area contributed by atoms with E-state index >= 15 is 0 Å². The highest BCUT2D eigenvalue weighted by Crippen LogP contribution is 2.24. The van der Waals surface area contributed by atoms with Crippen molar-refractivity contribution in [2.75, 3.05) is 25.0 Å². The molecule has 0 unspecified atom stereocenters. The number of nitrogens with one attached hydrogen (secondary N) is 1. The van der Waals surface area contributed by atoms with E-state index in [1.54, 1.807) is 18.2 Å². The summed E-state index contributed by atoms with van der Waals surface area (Å²) in [7, 11) is 1.99. The largest absolute Gasteiger partial charge is 0.373 e. The predicted molar refractivity (Wildman–Crippen MR) is 92.9 cm³/mol. The first-order valence-electron chi connectivity index (χ1n) is 7.03. The lowest BCUT2D eigenvalue weighted by Gasteiger charge is -2.19. The molecule has 3 nitrogen and oxygen atoms in total. The van der Waals surface area contributed by atoms with E-state index < -0.39 is 0 Å². The minimum absolute atomic E-state index is 0.0866. The summed E-state index contributed by atoms with van der Waals surface area (Å²) in [5, 5.41) is 3.92. The molecule has 2 rings (SSSR count). The zero-order valence-electron chi connectivity index (χ0n) is 12.4. The van der Waals surface area contributed by atoms with Crippen LogP contribution in [0.15, 0.2) is 48.5 Å². The van der Waals surface area contributed by atoms with Crippen molar-refractivity contribution in [3.63, 3.8) is 0 Å². The maximum atomic E-state index is 12.0. The zero-order chi connectivity index (χ0) is 15.9.